The molecule has 20 heavy (non-hydrogen) atoms. The Balaban J connectivity index is 1.92. The van der Waals surface area contributed by atoms with E-state index < -0.39 is 12.0 Å². The highest BCUT2D eigenvalue weighted by molar-refractivity contribution is 7.10. The van der Waals surface area contributed by atoms with E-state index in [1.165, 1.54) is 24.2 Å². The number of carboxylic acids is 1. The van der Waals surface area contributed by atoms with Gasteiger partial charge in [-0.3, -0.25) is 0 Å². The van der Waals surface area contributed by atoms with E-state index in [-0.39, 0.29) is 6.03 Å². The Morgan fingerprint density at radius 1 is 1.50 bits per heavy atom. The Kier molecular flexibility index (Phi) is 5.00. The van der Waals surface area contributed by atoms with Gasteiger partial charge in [0.05, 0.1) is 0 Å². The number of aliphatic carboxylic acids is 1. The van der Waals surface area contributed by atoms with Crippen LogP contribution < -0.4 is 5.32 Å². The van der Waals surface area contributed by atoms with Crippen molar-refractivity contribution in [1.29, 1.82) is 0 Å². The van der Waals surface area contributed by atoms with Gasteiger partial charge in [-0.1, -0.05) is 18.9 Å². The van der Waals surface area contributed by atoms with E-state index in [2.05, 4.69) is 5.32 Å². The standard InChI is InChI=1S/C14H20N2O3S/c1-16(9-10-5-2-3-6-10)14(19)15-12(13(17)18)11-7-4-8-20-11/h4,7-8,10,12H,2-3,5-6,9H2,1H3,(H,15,19)(H,17,18). The summed E-state index contributed by atoms with van der Waals surface area (Å²) < 4.78 is 0. The van der Waals surface area contributed by atoms with Crippen LogP contribution in [0.5, 0.6) is 0 Å². The molecule has 1 aliphatic rings. The highest BCUT2D eigenvalue weighted by Gasteiger charge is 2.26. The van der Waals surface area contributed by atoms with Gasteiger partial charge in [0.15, 0.2) is 6.04 Å². The molecule has 1 fully saturated rings. The first-order chi connectivity index (χ1) is 9.58. The molecular weight excluding hydrogens is 276 g/mol. The zero-order valence-electron chi connectivity index (χ0n) is 11.5. The Bertz CT molecular complexity index is 455. The van der Waals surface area contributed by atoms with Crippen molar-refractivity contribution in [3.8, 4) is 0 Å². The topological polar surface area (TPSA) is 69.6 Å². The Labute approximate surface area is 122 Å². The van der Waals surface area contributed by atoms with Crippen LogP contribution in [0.3, 0.4) is 0 Å². The van der Waals surface area contributed by atoms with Crippen molar-refractivity contribution in [2.24, 2.45) is 5.92 Å². The molecule has 1 heterocycles. The van der Waals surface area contributed by atoms with Crippen LogP contribution >= 0.6 is 11.3 Å². The molecule has 2 rings (SSSR count). The molecule has 0 bridgehead atoms. The minimum Gasteiger partial charge on any atom is -0.479 e. The third-order valence-corrected chi connectivity index (χ3v) is 4.63. The van der Waals surface area contributed by atoms with Crippen LogP contribution in [-0.4, -0.2) is 35.6 Å². The van der Waals surface area contributed by atoms with E-state index in [0.29, 0.717) is 17.3 Å². The molecule has 1 saturated carbocycles. The van der Waals surface area contributed by atoms with Crippen molar-refractivity contribution in [3.05, 3.63) is 22.4 Å². The van der Waals surface area contributed by atoms with E-state index in [1.54, 1.807) is 29.5 Å². The fourth-order valence-electron chi connectivity index (χ4n) is 2.61. The summed E-state index contributed by atoms with van der Waals surface area (Å²) in [4.78, 5) is 25.6. The number of nitrogens with zero attached hydrogens (tertiary/aromatic N) is 1. The molecular formula is C14H20N2O3S. The van der Waals surface area contributed by atoms with Gasteiger partial charge in [-0.15, -0.1) is 11.3 Å². The summed E-state index contributed by atoms with van der Waals surface area (Å²) in [6, 6.07) is 2.22. The molecule has 0 radical (unpaired) electrons. The van der Waals surface area contributed by atoms with Crippen LogP contribution in [0.15, 0.2) is 17.5 Å². The zero-order chi connectivity index (χ0) is 14.5. The molecule has 1 unspecified atom stereocenters. The number of hydrogen-bond acceptors (Lipinski definition) is 3. The Morgan fingerprint density at radius 2 is 2.20 bits per heavy atom. The lowest BCUT2D eigenvalue weighted by atomic mass is 10.1. The van der Waals surface area contributed by atoms with Gasteiger partial charge in [0.2, 0.25) is 0 Å². The highest BCUT2D eigenvalue weighted by atomic mass is 32.1. The first-order valence-electron chi connectivity index (χ1n) is 6.85. The third kappa shape index (κ3) is 3.72. The molecule has 0 aromatic carbocycles. The van der Waals surface area contributed by atoms with Crippen molar-refractivity contribution >= 4 is 23.3 Å². The molecule has 0 aliphatic heterocycles. The van der Waals surface area contributed by atoms with E-state index >= 15 is 0 Å². The quantitative estimate of drug-likeness (QED) is 0.877. The summed E-state index contributed by atoms with van der Waals surface area (Å²) in [7, 11) is 1.72. The molecule has 1 aromatic rings. The smallest absolute Gasteiger partial charge is 0.331 e. The largest absolute Gasteiger partial charge is 0.479 e. The molecule has 0 spiro atoms. The first kappa shape index (κ1) is 14.8. The number of carbonyl (C=O) groups is 2. The predicted octanol–water partition coefficient (Wildman–Crippen LogP) is 2.71. The summed E-state index contributed by atoms with van der Waals surface area (Å²) in [6.07, 6.45) is 4.77. The SMILES string of the molecule is CN(CC1CCCC1)C(=O)NC(C(=O)O)c1cccs1. The second-order valence-corrected chi connectivity index (χ2v) is 6.25. The molecule has 5 nitrogen and oxygen atoms in total. The Hall–Kier alpha value is -1.56. The lowest BCUT2D eigenvalue weighted by Crippen LogP contribution is -2.43. The fourth-order valence-corrected chi connectivity index (χ4v) is 3.37. The number of nitrogens with one attached hydrogen (secondary N) is 1. The molecule has 1 atom stereocenters. The lowest BCUT2D eigenvalue weighted by molar-refractivity contribution is -0.139. The minimum atomic E-state index is -1.03. The van der Waals surface area contributed by atoms with Crippen molar-refractivity contribution in [2.45, 2.75) is 31.7 Å². The number of carbonyl (C=O) groups excluding carboxylic acids is 1. The Morgan fingerprint density at radius 3 is 2.75 bits per heavy atom. The molecule has 110 valence electrons. The average molecular weight is 296 g/mol. The highest BCUT2D eigenvalue weighted by Crippen LogP contribution is 2.25. The van der Waals surface area contributed by atoms with Crippen molar-refractivity contribution in [2.75, 3.05) is 13.6 Å². The number of hydrogen-bond donors (Lipinski definition) is 2. The van der Waals surface area contributed by atoms with Gasteiger partial charge in [0.1, 0.15) is 0 Å². The van der Waals surface area contributed by atoms with Crippen LogP contribution in [0.2, 0.25) is 0 Å². The maximum atomic E-state index is 12.1. The van der Waals surface area contributed by atoms with Crippen LogP contribution in [0.25, 0.3) is 0 Å². The third-order valence-electron chi connectivity index (χ3n) is 3.70. The van der Waals surface area contributed by atoms with Crippen molar-refractivity contribution in [1.82, 2.24) is 10.2 Å². The monoisotopic (exact) mass is 296 g/mol. The van der Waals surface area contributed by atoms with Crippen LogP contribution in [0, 0.1) is 5.92 Å². The van der Waals surface area contributed by atoms with Gasteiger partial charge in [-0.2, -0.15) is 0 Å². The molecule has 6 heteroatoms. The van der Waals surface area contributed by atoms with Gasteiger partial charge in [-0.25, -0.2) is 9.59 Å². The molecule has 1 aromatic heterocycles. The molecule has 2 amide bonds. The van der Waals surface area contributed by atoms with Gasteiger partial charge in [0, 0.05) is 18.5 Å². The first-order valence-corrected chi connectivity index (χ1v) is 7.73. The van der Waals surface area contributed by atoms with Gasteiger partial charge in [0.25, 0.3) is 0 Å². The van der Waals surface area contributed by atoms with Crippen LogP contribution in [-0.2, 0) is 4.79 Å². The maximum Gasteiger partial charge on any atom is 0.331 e. The summed E-state index contributed by atoms with van der Waals surface area (Å²) in [6.45, 7) is 0.697. The normalized spacial score (nSPS) is 16.9. The maximum absolute atomic E-state index is 12.1. The minimum absolute atomic E-state index is 0.322. The summed E-state index contributed by atoms with van der Waals surface area (Å²) in [5.74, 6) is -0.481. The van der Waals surface area contributed by atoms with Crippen molar-refractivity contribution in [3.63, 3.8) is 0 Å². The fraction of sp³-hybridized carbons (Fsp3) is 0.571. The average Bonchev–Trinajstić information content (AvgIpc) is 3.07. The summed E-state index contributed by atoms with van der Waals surface area (Å²) in [5.41, 5.74) is 0. The number of carboxylic acid groups (broad SMARTS) is 1. The van der Waals surface area contributed by atoms with Crippen molar-refractivity contribution < 1.29 is 14.7 Å². The second kappa shape index (κ2) is 6.74. The molecule has 0 saturated heterocycles. The number of rotatable bonds is 5. The lowest BCUT2D eigenvalue weighted by Gasteiger charge is -2.23. The zero-order valence-corrected chi connectivity index (χ0v) is 12.4. The predicted molar refractivity (Wildman–Crippen MR) is 77.8 cm³/mol. The molecule has 1 aliphatic carbocycles. The number of urea groups is 1. The van der Waals surface area contributed by atoms with E-state index in [4.69, 9.17) is 0 Å². The van der Waals surface area contributed by atoms with E-state index in [9.17, 15) is 14.7 Å². The van der Waals surface area contributed by atoms with Gasteiger partial charge < -0.3 is 15.3 Å². The van der Waals surface area contributed by atoms with E-state index in [0.717, 1.165) is 12.8 Å². The van der Waals surface area contributed by atoms with Crippen LogP contribution in [0.1, 0.15) is 36.6 Å². The number of amides is 2. The summed E-state index contributed by atoms with van der Waals surface area (Å²) in [5, 5.41) is 13.6. The number of thiophene rings is 1. The van der Waals surface area contributed by atoms with Gasteiger partial charge >= 0.3 is 12.0 Å². The van der Waals surface area contributed by atoms with Gasteiger partial charge in [-0.05, 0) is 30.2 Å². The van der Waals surface area contributed by atoms with Crippen LogP contribution in [0.4, 0.5) is 4.79 Å². The molecule has 2 N–H and O–H groups in total. The second-order valence-electron chi connectivity index (χ2n) is 5.27. The summed E-state index contributed by atoms with van der Waals surface area (Å²) >= 11 is 1.33. The van der Waals surface area contributed by atoms with E-state index in [1.807, 2.05) is 0 Å².